The monoisotopic (exact) mass is 286 g/mol. The van der Waals surface area contributed by atoms with Gasteiger partial charge in [-0.2, -0.15) is 0 Å². The zero-order valence-corrected chi connectivity index (χ0v) is 11.4. The molecule has 1 heterocycles. The molecule has 0 atom stereocenters. The van der Waals surface area contributed by atoms with E-state index in [4.69, 9.17) is 16.3 Å². The second-order valence-electron chi connectivity index (χ2n) is 3.65. The maximum Gasteiger partial charge on any atom is 0.272 e. The Balaban J connectivity index is 2.64. The van der Waals surface area contributed by atoms with Gasteiger partial charge >= 0.3 is 0 Å². The average Bonchev–Trinajstić information content (AvgIpc) is 2.76. The molecule has 0 aliphatic rings. The Labute approximate surface area is 110 Å². The van der Waals surface area contributed by atoms with Gasteiger partial charge in [-0.1, -0.05) is 11.6 Å². The fourth-order valence-corrected chi connectivity index (χ4v) is 3.10. The van der Waals surface area contributed by atoms with E-state index in [0.717, 1.165) is 3.97 Å². The first kappa shape index (κ1) is 12.9. The van der Waals surface area contributed by atoms with E-state index in [1.807, 2.05) is 0 Å². The van der Waals surface area contributed by atoms with Crippen molar-refractivity contribution in [2.24, 2.45) is 0 Å². The maximum atomic E-state index is 12.4. The van der Waals surface area contributed by atoms with Crippen molar-refractivity contribution < 1.29 is 13.2 Å². The first-order valence-corrected chi connectivity index (χ1v) is 6.86. The number of imidazole rings is 1. The second-order valence-corrected chi connectivity index (χ2v) is 5.89. The third kappa shape index (κ3) is 2.21. The van der Waals surface area contributed by atoms with Gasteiger partial charge in [-0.05, 0) is 25.1 Å². The highest BCUT2D eigenvalue weighted by molar-refractivity contribution is 7.90. The van der Waals surface area contributed by atoms with E-state index < -0.39 is 10.0 Å². The van der Waals surface area contributed by atoms with Crippen molar-refractivity contribution in [3.05, 3.63) is 41.4 Å². The molecule has 2 aromatic rings. The summed E-state index contributed by atoms with van der Waals surface area (Å²) >= 11 is 5.83. The minimum Gasteiger partial charge on any atom is -0.495 e. The second kappa shape index (κ2) is 4.62. The van der Waals surface area contributed by atoms with E-state index in [2.05, 4.69) is 4.98 Å². The quantitative estimate of drug-likeness (QED) is 0.867. The van der Waals surface area contributed by atoms with Gasteiger partial charge in [0.2, 0.25) is 0 Å². The number of hydrogen-bond acceptors (Lipinski definition) is 4. The normalized spacial score (nSPS) is 11.5. The molecule has 96 valence electrons. The number of rotatable bonds is 3. The first-order valence-electron chi connectivity index (χ1n) is 5.05. The van der Waals surface area contributed by atoms with Crippen molar-refractivity contribution in [1.29, 1.82) is 0 Å². The van der Waals surface area contributed by atoms with Crippen LogP contribution in [0.4, 0.5) is 0 Å². The molecule has 0 fully saturated rings. The SMILES string of the molecule is COc1ccc(Cl)cc1S(=O)(=O)n1cnc(C)c1. The van der Waals surface area contributed by atoms with Crippen LogP contribution in [0.5, 0.6) is 5.75 Å². The molecule has 0 bridgehead atoms. The molecule has 0 aliphatic carbocycles. The van der Waals surface area contributed by atoms with Crippen LogP contribution in [-0.4, -0.2) is 24.5 Å². The van der Waals surface area contributed by atoms with Crippen LogP contribution in [-0.2, 0) is 10.0 Å². The Kier molecular flexibility index (Phi) is 3.32. The fraction of sp³-hybridized carbons (Fsp3) is 0.182. The van der Waals surface area contributed by atoms with Crippen LogP contribution in [0.15, 0.2) is 35.6 Å². The van der Waals surface area contributed by atoms with E-state index in [0.29, 0.717) is 10.7 Å². The minimum atomic E-state index is -3.74. The standard InChI is InChI=1S/C11H11ClN2O3S/c1-8-6-14(7-13-8)18(15,16)11-5-9(12)3-4-10(11)17-2/h3-7H,1-2H3. The van der Waals surface area contributed by atoms with Gasteiger partial charge in [-0.25, -0.2) is 17.4 Å². The van der Waals surface area contributed by atoms with Crippen LogP contribution < -0.4 is 4.74 Å². The molecule has 0 N–H and O–H groups in total. The molecule has 2 rings (SSSR count). The summed E-state index contributed by atoms with van der Waals surface area (Å²) in [4.78, 5) is 3.91. The number of benzene rings is 1. The molecule has 1 aromatic heterocycles. The largest absolute Gasteiger partial charge is 0.495 e. The molecule has 0 unspecified atom stereocenters. The van der Waals surface area contributed by atoms with Crippen molar-refractivity contribution in [2.45, 2.75) is 11.8 Å². The van der Waals surface area contributed by atoms with Crippen molar-refractivity contribution >= 4 is 21.6 Å². The summed E-state index contributed by atoms with van der Waals surface area (Å²) < 4.78 is 30.8. The summed E-state index contributed by atoms with van der Waals surface area (Å²) in [7, 11) is -2.33. The number of aryl methyl sites for hydroxylation is 1. The topological polar surface area (TPSA) is 61.2 Å². The predicted octanol–water partition coefficient (Wildman–Crippen LogP) is 2.09. The van der Waals surface area contributed by atoms with Gasteiger partial charge in [0.1, 0.15) is 17.0 Å². The van der Waals surface area contributed by atoms with E-state index in [9.17, 15) is 8.42 Å². The lowest BCUT2D eigenvalue weighted by Crippen LogP contribution is -2.12. The number of methoxy groups -OCH3 is 1. The summed E-state index contributed by atoms with van der Waals surface area (Å²) in [5, 5.41) is 0.325. The molecule has 1 aromatic carbocycles. The smallest absolute Gasteiger partial charge is 0.272 e. The number of ether oxygens (including phenoxy) is 1. The van der Waals surface area contributed by atoms with Crippen molar-refractivity contribution in [1.82, 2.24) is 8.96 Å². The number of aromatic nitrogens is 2. The van der Waals surface area contributed by atoms with Crippen LogP contribution in [0.2, 0.25) is 5.02 Å². The summed E-state index contributed by atoms with van der Waals surface area (Å²) in [6, 6.07) is 4.43. The Hall–Kier alpha value is -1.53. The molecular formula is C11H11ClN2O3S. The highest BCUT2D eigenvalue weighted by atomic mass is 35.5. The maximum absolute atomic E-state index is 12.4. The van der Waals surface area contributed by atoms with Crippen LogP contribution in [0.3, 0.4) is 0 Å². The summed E-state index contributed by atoms with van der Waals surface area (Å²) in [6.07, 6.45) is 2.67. The van der Waals surface area contributed by atoms with Gasteiger partial charge in [-0.15, -0.1) is 0 Å². The van der Waals surface area contributed by atoms with Crippen LogP contribution >= 0.6 is 11.6 Å². The highest BCUT2D eigenvalue weighted by Crippen LogP contribution is 2.28. The fourth-order valence-electron chi connectivity index (χ4n) is 1.50. The third-order valence-corrected chi connectivity index (χ3v) is 4.24. The zero-order valence-electron chi connectivity index (χ0n) is 9.79. The van der Waals surface area contributed by atoms with Gasteiger partial charge in [0.05, 0.1) is 12.8 Å². The van der Waals surface area contributed by atoms with Gasteiger partial charge in [0.25, 0.3) is 10.0 Å². The van der Waals surface area contributed by atoms with Gasteiger partial charge in [0.15, 0.2) is 0 Å². The molecule has 7 heteroatoms. The van der Waals surface area contributed by atoms with Crippen LogP contribution in [0.1, 0.15) is 5.69 Å². The molecule has 0 amide bonds. The van der Waals surface area contributed by atoms with Gasteiger partial charge in [0, 0.05) is 11.2 Å². The molecule has 18 heavy (non-hydrogen) atoms. The number of nitrogens with zero attached hydrogens (tertiary/aromatic N) is 2. The summed E-state index contributed by atoms with van der Waals surface area (Å²) in [5.74, 6) is 0.241. The van der Waals surface area contributed by atoms with E-state index >= 15 is 0 Å². The molecule has 0 aliphatic heterocycles. The van der Waals surface area contributed by atoms with Crippen molar-refractivity contribution in [2.75, 3.05) is 7.11 Å². The number of halogens is 1. The minimum absolute atomic E-state index is 0.00917. The van der Waals surface area contributed by atoms with Crippen LogP contribution in [0, 0.1) is 6.92 Å². The number of hydrogen-bond donors (Lipinski definition) is 0. The Bertz CT molecular complexity index is 679. The molecular weight excluding hydrogens is 276 g/mol. The lowest BCUT2D eigenvalue weighted by Gasteiger charge is -2.10. The Morgan fingerprint density at radius 3 is 2.67 bits per heavy atom. The van der Waals surface area contributed by atoms with Crippen LogP contribution in [0.25, 0.3) is 0 Å². The predicted molar refractivity (Wildman–Crippen MR) is 67.6 cm³/mol. The third-order valence-electron chi connectivity index (χ3n) is 2.37. The summed E-state index contributed by atoms with van der Waals surface area (Å²) in [5.41, 5.74) is 0.611. The first-order chi connectivity index (χ1) is 8.45. The Morgan fingerprint density at radius 2 is 2.11 bits per heavy atom. The molecule has 5 nitrogen and oxygen atoms in total. The van der Waals surface area contributed by atoms with E-state index in [1.54, 1.807) is 13.0 Å². The lowest BCUT2D eigenvalue weighted by atomic mass is 10.3. The van der Waals surface area contributed by atoms with E-state index in [1.165, 1.54) is 31.8 Å². The van der Waals surface area contributed by atoms with Crippen molar-refractivity contribution in [3.63, 3.8) is 0 Å². The molecule has 0 spiro atoms. The highest BCUT2D eigenvalue weighted by Gasteiger charge is 2.22. The van der Waals surface area contributed by atoms with Gasteiger partial charge in [-0.3, -0.25) is 0 Å². The summed E-state index contributed by atoms with van der Waals surface area (Å²) in [6.45, 7) is 1.71. The van der Waals surface area contributed by atoms with E-state index in [-0.39, 0.29) is 10.6 Å². The zero-order chi connectivity index (χ0) is 13.3. The lowest BCUT2D eigenvalue weighted by molar-refractivity contribution is 0.402. The van der Waals surface area contributed by atoms with Crippen molar-refractivity contribution in [3.8, 4) is 5.75 Å². The molecule has 0 saturated heterocycles. The molecule has 0 radical (unpaired) electrons. The van der Waals surface area contributed by atoms with Gasteiger partial charge < -0.3 is 4.74 Å². The average molecular weight is 287 g/mol. The Morgan fingerprint density at radius 1 is 1.39 bits per heavy atom. The molecule has 0 saturated carbocycles.